The first-order chi connectivity index (χ1) is 11.2. The molecule has 1 amide bonds. The summed E-state index contributed by atoms with van der Waals surface area (Å²) in [5, 5.41) is 0. The number of carbonyl (C=O) groups is 1. The van der Waals surface area contributed by atoms with Gasteiger partial charge in [-0.3, -0.25) is 9.69 Å². The van der Waals surface area contributed by atoms with Gasteiger partial charge in [-0.2, -0.15) is 0 Å². The van der Waals surface area contributed by atoms with Crippen LogP contribution in [0.4, 0.5) is 5.82 Å². The summed E-state index contributed by atoms with van der Waals surface area (Å²) in [4.78, 5) is 21.3. The maximum absolute atomic E-state index is 12.5. The molecule has 2 aliphatic rings. The molecule has 3 atom stereocenters. The van der Waals surface area contributed by atoms with E-state index in [1.54, 1.807) is 6.20 Å². The molecule has 1 aliphatic heterocycles. The molecule has 1 saturated carbocycles. The first kappa shape index (κ1) is 16.4. The summed E-state index contributed by atoms with van der Waals surface area (Å²) in [6.45, 7) is 7.45. The molecule has 0 N–H and O–H groups in total. The van der Waals surface area contributed by atoms with E-state index in [1.807, 2.05) is 30.0 Å². The van der Waals surface area contributed by atoms with Crippen LogP contribution >= 0.6 is 0 Å². The molecule has 1 aromatic heterocycles. The van der Waals surface area contributed by atoms with Crippen molar-refractivity contribution in [2.24, 2.45) is 11.8 Å². The van der Waals surface area contributed by atoms with Crippen molar-refractivity contribution in [2.75, 3.05) is 24.5 Å². The predicted octanol–water partition coefficient (Wildman–Crippen LogP) is 3.34. The number of hydrogen-bond acceptors (Lipinski definition) is 3. The zero-order chi connectivity index (χ0) is 16.2. The molecule has 3 unspecified atom stereocenters. The average molecular weight is 315 g/mol. The van der Waals surface area contributed by atoms with Gasteiger partial charge in [0.05, 0.1) is 0 Å². The summed E-state index contributed by atoms with van der Waals surface area (Å²) in [5.41, 5.74) is 0. The molecule has 1 saturated heterocycles. The van der Waals surface area contributed by atoms with Gasteiger partial charge in [-0.25, -0.2) is 4.98 Å². The predicted molar refractivity (Wildman–Crippen MR) is 93.4 cm³/mol. The number of nitrogens with zero attached hydrogens (tertiary/aromatic N) is 3. The van der Waals surface area contributed by atoms with Crippen molar-refractivity contribution in [3.63, 3.8) is 0 Å². The van der Waals surface area contributed by atoms with Crippen LogP contribution < -0.4 is 4.90 Å². The van der Waals surface area contributed by atoms with Crippen molar-refractivity contribution in [1.82, 2.24) is 9.88 Å². The molecule has 0 aromatic carbocycles. The minimum Gasteiger partial charge on any atom is -0.301 e. The fourth-order valence-electron chi connectivity index (χ4n) is 4.41. The van der Waals surface area contributed by atoms with Crippen molar-refractivity contribution < 1.29 is 4.79 Å². The highest BCUT2D eigenvalue weighted by Gasteiger charge is 2.32. The van der Waals surface area contributed by atoms with Crippen molar-refractivity contribution in [3.8, 4) is 0 Å². The standard InChI is InChI=1S/C19H29N3O/c1-3-19(23)22(18-9-4-5-10-20-18)15(2)12-21-13-16-7-6-8-17(11-16)14-21/h4-5,9-10,15-17H,3,6-8,11-14H2,1-2H3. The minimum absolute atomic E-state index is 0.161. The molecule has 1 aliphatic carbocycles. The third-order valence-corrected chi connectivity index (χ3v) is 5.35. The lowest BCUT2D eigenvalue weighted by Gasteiger charge is -2.43. The molecule has 2 heterocycles. The molecule has 126 valence electrons. The van der Waals surface area contributed by atoms with Crippen LogP contribution in [0.15, 0.2) is 24.4 Å². The van der Waals surface area contributed by atoms with E-state index in [9.17, 15) is 4.79 Å². The Hall–Kier alpha value is -1.42. The monoisotopic (exact) mass is 315 g/mol. The first-order valence-corrected chi connectivity index (χ1v) is 9.12. The van der Waals surface area contributed by atoms with Gasteiger partial charge < -0.3 is 4.90 Å². The Kier molecular flexibility index (Phi) is 5.31. The van der Waals surface area contributed by atoms with Crippen LogP contribution in [0.2, 0.25) is 0 Å². The highest BCUT2D eigenvalue weighted by molar-refractivity contribution is 5.92. The maximum Gasteiger partial charge on any atom is 0.228 e. The van der Waals surface area contributed by atoms with E-state index in [-0.39, 0.29) is 11.9 Å². The summed E-state index contributed by atoms with van der Waals surface area (Å²) in [6, 6.07) is 5.95. The van der Waals surface area contributed by atoms with Crippen molar-refractivity contribution >= 4 is 11.7 Å². The van der Waals surface area contributed by atoms with Crippen LogP contribution in [0.1, 0.15) is 46.0 Å². The van der Waals surface area contributed by atoms with E-state index in [1.165, 1.54) is 38.8 Å². The van der Waals surface area contributed by atoms with Gasteiger partial charge >= 0.3 is 0 Å². The van der Waals surface area contributed by atoms with Crippen LogP contribution in [0.5, 0.6) is 0 Å². The summed E-state index contributed by atoms with van der Waals surface area (Å²) >= 11 is 0. The third kappa shape index (κ3) is 3.92. The largest absolute Gasteiger partial charge is 0.301 e. The Morgan fingerprint density at radius 1 is 1.35 bits per heavy atom. The Bertz CT molecular complexity index is 507. The number of carbonyl (C=O) groups excluding carboxylic acids is 1. The summed E-state index contributed by atoms with van der Waals surface area (Å²) in [5.74, 6) is 2.69. The second-order valence-corrected chi connectivity index (χ2v) is 7.27. The topological polar surface area (TPSA) is 36.4 Å². The number of pyridine rings is 1. The number of piperidine rings is 1. The van der Waals surface area contributed by atoms with Crippen LogP contribution in [-0.4, -0.2) is 41.5 Å². The normalized spacial score (nSPS) is 25.8. The van der Waals surface area contributed by atoms with E-state index in [0.717, 1.165) is 24.2 Å². The van der Waals surface area contributed by atoms with Gasteiger partial charge in [0.1, 0.15) is 5.82 Å². The minimum atomic E-state index is 0.161. The molecule has 23 heavy (non-hydrogen) atoms. The number of likely N-dealkylation sites (tertiary alicyclic amines) is 1. The number of hydrogen-bond donors (Lipinski definition) is 0. The zero-order valence-electron chi connectivity index (χ0n) is 14.4. The molecule has 4 heteroatoms. The van der Waals surface area contributed by atoms with Gasteiger partial charge in [0.15, 0.2) is 0 Å². The zero-order valence-corrected chi connectivity index (χ0v) is 14.4. The Morgan fingerprint density at radius 3 is 2.70 bits per heavy atom. The fraction of sp³-hybridized carbons (Fsp3) is 0.684. The Balaban J connectivity index is 1.68. The average Bonchev–Trinajstić information content (AvgIpc) is 2.55. The van der Waals surface area contributed by atoms with Gasteiger partial charge in [0, 0.05) is 38.3 Å². The molecule has 2 bridgehead atoms. The number of fused-ring (bicyclic) bond motifs is 2. The highest BCUT2D eigenvalue weighted by atomic mass is 16.2. The van der Waals surface area contributed by atoms with E-state index in [2.05, 4.69) is 16.8 Å². The van der Waals surface area contributed by atoms with Crippen molar-refractivity contribution in [3.05, 3.63) is 24.4 Å². The van der Waals surface area contributed by atoms with E-state index < -0.39 is 0 Å². The van der Waals surface area contributed by atoms with E-state index in [4.69, 9.17) is 0 Å². The SMILES string of the molecule is CCC(=O)N(c1ccccn1)C(C)CN1CC2CCCC(C2)C1. The Labute approximate surface area is 139 Å². The molecule has 0 spiro atoms. The van der Waals surface area contributed by atoms with Crippen molar-refractivity contribution in [2.45, 2.75) is 52.0 Å². The summed E-state index contributed by atoms with van der Waals surface area (Å²) in [7, 11) is 0. The maximum atomic E-state index is 12.5. The second kappa shape index (κ2) is 7.43. The highest BCUT2D eigenvalue weighted by Crippen LogP contribution is 2.34. The third-order valence-electron chi connectivity index (χ3n) is 5.35. The van der Waals surface area contributed by atoms with Gasteiger partial charge in [-0.15, -0.1) is 0 Å². The molecule has 3 rings (SSSR count). The molecule has 0 radical (unpaired) electrons. The number of aromatic nitrogens is 1. The lowest BCUT2D eigenvalue weighted by molar-refractivity contribution is -0.118. The quantitative estimate of drug-likeness (QED) is 0.836. The van der Waals surface area contributed by atoms with Crippen LogP contribution in [0.3, 0.4) is 0 Å². The molecular formula is C19H29N3O. The Morgan fingerprint density at radius 2 is 2.09 bits per heavy atom. The molecular weight excluding hydrogens is 286 g/mol. The second-order valence-electron chi connectivity index (χ2n) is 7.27. The lowest BCUT2D eigenvalue weighted by Crippen LogP contribution is -2.50. The van der Waals surface area contributed by atoms with Gasteiger partial charge in [-0.1, -0.05) is 19.4 Å². The number of anilines is 1. The van der Waals surface area contributed by atoms with Gasteiger partial charge in [0.2, 0.25) is 5.91 Å². The number of rotatable bonds is 5. The van der Waals surface area contributed by atoms with Crippen LogP contribution in [-0.2, 0) is 4.79 Å². The summed E-state index contributed by atoms with van der Waals surface area (Å²) in [6.07, 6.45) is 7.89. The number of amides is 1. The summed E-state index contributed by atoms with van der Waals surface area (Å²) < 4.78 is 0. The molecule has 2 fully saturated rings. The van der Waals surface area contributed by atoms with Crippen LogP contribution in [0, 0.1) is 11.8 Å². The molecule has 1 aromatic rings. The van der Waals surface area contributed by atoms with Crippen LogP contribution in [0.25, 0.3) is 0 Å². The van der Waals surface area contributed by atoms with E-state index >= 15 is 0 Å². The van der Waals surface area contributed by atoms with E-state index in [0.29, 0.717) is 6.42 Å². The lowest BCUT2D eigenvalue weighted by atomic mass is 9.78. The first-order valence-electron chi connectivity index (χ1n) is 9.12. The smallest absolute Gasteiger partial charge is 0.228 e. The van der Waals surface area contributed by atoms with Crippen molar-refractivity contribution in [1.29, 1.82) is 0 Å². The fourth-order valence-corrected chi connectivity index (χ4v) is 4.41. The molecule has 4 nitrogen and oxygen atoms in total. The van der Waals surface area contributed by atoms with Gasteiger partial charge in [0.25, 0.3) is 0 Å². The van der Waals surface area contributed by atoms with Gasteiger partial charge in [-0.05, 0) is 50.2 Å².